The third-order valence-corrected chi connectivity index (χ3v) is 4.04. The lowest BCUT2D eigenvalue weighted by Gasteiger charge is -2.17. The topological polar surface area (TPSA) is 32.3 Å². The van der Waals surface area contributed by atoms with Gasteiger partial charge in [-0.25, -0.2) is 0 Å². The molecule has 0 aromatic heterocycles. The minimum Gasteiger partial charge on any atom is -0.393 e. The van der Waals surface area contributed by atoms with Crippen LogP contribution in [-0.4, -0.2) is 24.3 Å². The molecule has 4 atom stereocenters. The van der Waals surface area contributed by atoms with E-state index in [-0.39, 0.29) is 6.10 Å². The number of hydrogen-bond donors (Lipinski definition) is 2. The Labute approximate surface area is 90.3 Å². The molecule has 2 fully saturated rings. The summed E-state index contributed by atoms with van der Waals surface area (Å²) in [5.41, 5.74) is 1.40. The smallest absolute Gasteiger partial charge is 0.0589 e. The molecule has 0 amide bonds. The lowest BCUT2D eigenvalue weighted by molar-refractivity contribution is 0.132. The zero-order chi connectivity index (χ0) is 10.3. The van der Waals surface area contributed by atoms with Crippen LogP contribution >= 0.6 is 0 Å². The summed E-state index contributed by atoms with van der Waals surface area (Å²) in [6, 6.07) is 10.6. The summed E-state index contributed by atoms with van der Waals surface area (Å²) >= 11 is 0. The van der Waals surface area contributed by atoms with Crippen molar-refractivity contribution in [2.75, 3.05) is 13.1 Å². The van der Waals surface area contributed by atoms with Gasteiger partial charge in [-0.3, -0.25) is 0 Å². The summed E-state index contributed by atoms with van der Waals surface area (Å²) in [5.74, 6) is 1.68. The van der Waals surface area contributed by atoms with Gasteiger partial charge >= 0.3 is 0 Å². The number of benzene rings is 1. The number of aliphatic hydroxyl groups is 1. The molecule has 1 aromatic carbocycles. The van der Waals surface area contributed by atoms with Crippen LogP contribution < -0.4 is 5.32 Å². The van der Waals surface area contributed by atoms with Gasteiger partial charge in [0, 0.05) is 12.5 Å². The van der Waals surface area contributed by atoms with Crippen molar-refractivity contribution in [3.05, 3.63) is 35.9 Å². The van der Waals surface area contributed by atoms with Gasteiger partial charge < -0.3 is 10.4 Å². The van der Waals surface area contributed by atoms with Crippen LogP contribution in [0.4, 0.5) is 0 Å². The van der Waals surface area contributed by atoms with Gasteiger partial charge in [0.15, 0.2) is 0 Å². The minimum atomic E-state index is -0.102. The van der Waals surface area contributed by atoms with Crippen LogP contribution in [0.3, 0.4) is 0 Å². The fourth-order valence-corrected chi connectivity index (χ4v) is 3.27. The van der Waals surface area contributed by atoms with Gasteiger partial charge in [0.05, 0.1) is 6.10 Å². The first-order valence-electron chi connectivity index (χ1n) is 5.80. The van der Waals surface area contributed by atoms with Crippen LogP contribution in [0.5, 0.6) is 0 Å². The SMILES string of the molecule is OC1CC(c2ccccc2)C2CNCC12. The Hall–Kier alpha value is -0.860. The van der Waals surface area contributed by atoms with Gasteiger partial charge in [-0.05, 0) is 30.4 Å². The maximum absolute atomic E-state index is 9.99. The van der Waals surface area contributed by atoms with Crippen molar-refractivity contribution in [3.8, 4) is 0 Å². The first-order valence-corrected chi connectivity index (χ1v) is 5.80. The van der Waals surface area contributed by atoms with E-state index in [0.717, 1.165) is 19.5 Å². The summed E-state index contributed by atoms with van der Waals surface area (Å²) in [7, 11) is 0. The molecule has 3 rings (SSSR count). The van der Waals surface area contributed by atoms with E-state index in [0.29, 0.717) is 17.8 Å². The average molecular weight is 203 g/mol. The molecule has 4 unspecified atom stereocenters. The Kier molecular flexibility index (Phi) is 2.26. The average Bonchev–Trinajstić information content (AvgIpc) is 2.84. The van der Waals surface area contributed by atoms with Crippen molar-refractivity contribution < 1.29 is 5.11 Å². The molecular weight excluding hydrogens is 186 g/mol. The van der Waals surface area contributed by atoms with Crippen LogP contribution in [0.25, 0.3) is 0 Å². The summed E-state index contributed by atoms with van der Waals surface area (Å²) in [6.45, 7) is 2.07. The van der Waals surface area contributed by atoms with Gasteiger partial charge in [0.1, 0.15) is 0 Å². The van der Waals surface area contributed by atoms with Crippen LogP contribution in [0.1, 0.15) is 17.9 Å². The molecule has 1 aromatic rings. The summed E-state index contributed by atoms with van der Waals surface area (Å²) in [4.78, 5) is 0. The Balaban J connectivity index is 1.88. The molecule has 0 bridgehead atoms. The van der Waals surface area contributed by atoms with Gasteiger partial charge in [-0.2, -0.15) is 0 Å². The second kappa shape index (κ2) is 3.62. The Bertz CT molecular complexity index is 338. The molecule has 2 N–H and O–H groups in total. The molecule has 2 aliphatic rings. The molecule has 0 radical (unpaired) electrons. The highest BCUT2D eigenvalue weighted by Gasteiger charge is 2.45. The molecule has 1 aliphatic heterocycles. The van der Waals surface area contributed by atoms with Crippen molar-refractivity contribution in [2.24, 2.45) is 11.8 Å². The second-order valence-electron chi connectivity index (χ2n) is 4.81. The zero-order valence-corrected chi connectivity index (χ0v) is 8.76. The number of fused-ring (bicyclic) bond motifs is 1. The quantitative estimate of drug-likeness (QED) is 0.722. The van der Waals surface area contributed by atoms with Crippen LogP contribution in [0.2, 0.25) is 0 Å². The Morgan fingerprint density at radius 3 is 2.60 bits per heavy atom. The van der Waals surface area contributed by atoms with E-state index in [4.69, 9.17) is 0 Å². The lowest BCUT2D eigenvalue weighted by Crippen LogP contribution is -2.19. The van der Waals surface area contributed by atoms with Crippen molar-refractivity contribution in [1.29, 1.82) is 0 Å². The predicted octanol–water partition coefficient (Wildman–Crippen LogP) is 1.37. The van der Waals surface area contributed by atoms with E-state index in [1.165, 1.54) is 5.56 Å². The number of aliphatic hydroxyl groups excluding tert-OH is 1. The fourth-order valence-electron chi connectivity index (χ4n) is 3.27. The first-order chi connectivity index (χ1) is 7.36. The van der Waals surface area contributed by atoms with E-state index in [1.54, 1.807) is 0 Å². The standard InChI is InChI=1S/C13H17NO/c15-13-6-10(9-4-2-1-3-5-9)11-7-14-8-12(11)13/h1-5,10-15H,6-8H2. The van der Waals surface area contributed by atoms with Crippen LogP contribution in [0, 0.1) is 11.8 Å². The Morgan fingerprint density at radius 1 is 1.07 bits per heavy atom. The highest BCUT2D eigenvalue weighted by Crippen LogP contribution is 2.45. The molecule has 2 nitrogen and oxygen atoms in total. The maximum atomic E-state index is 9.99. The van der Waals surface area contributed by atoms with E-state index < -0.39 is 0 Å². The van der Waals surface area contributed by atoms with Crippen molar-refractivity contribution in [1.82, 2.24) is 5.32 Å². The molecule has 1 saturated carbocycles. The van der Waals surface area contributed by atoms with Crippen molar-refractivity contribution >= 4 is 0 Å². The number of rotatable bonds is 1. The van der Waals surface area contributed by atoms with Crippen LogP contribution in [-0.2, 0) is 0 Å². The van der Waals surface area contributed by atoms with Gasteiger partial charge in [0.2, 0.25) is 0 Å². The largest absolute Gasteiger partial charge is 0.393 e. The van der Waals surface area contributed by atoms with E-state index in [1.807, 2.05) is 0 Å². The summed E-state index contributed by atoms with van der Waals surface area (Å²) in [6.07, 6.45) is 0.844. The molecular formula is C13H17NO. The van der Waals surface area contributed by atoms with Crippen LogP contribution in [0.15, 0.2) is 30.3 Å². The molecule has 1 heterocycles. The molecule has 0 spiro atoms. The monoisotopic (exact) mass is 203 g/mol. The Morgan fingerprint density at radius 2 is 1.80 bits per heavy atom. The van der Waals surface area contributed by atoms with Crippen molar-refractivity contribution in [2.45, 2.75) is 18.4 Å². The molecule has 1 saturated heterocycles. The molecule has 2 heteroatoms. The molecule has 1 aliphatic carbocycles. The zero-order valence-electron chi connectivity index (χ0n) is 8.76. The summed E-state index contributed by atoms with van der Waals surface area (Å²) < 4.78 is 0. The fraction of sp³-hybridized carbons (Fsp3) is 0.538. The molecule has 80 valence electrons. The predicted molar refractivity (Wildman–Crippen MR) is 59.7 cm³/mol. The third-order valence-electron chi connectivity index (χ3n) is 4.04. The minimum absolute atomic E-state index is 0.102. The third kappa shape index (κ3) is 1.48. The second-order valence-corrected chi connectivity index (χ2v) is 4.81. The highest BCUT2D eigenvalue weighted by atomic mass is 16.3. The van der Waals surface area contributed by atoms with Gasteiger partial charge in [-0.15, -0.1) is 0 Å². The highest BCUT2D eigenvalue weighted by molar-refractivity contribution is 5.23. The van der Waals surface area contributed by atoms with E-state index >= 15 is 0 Å². The van der Waals surface area contributed by atoms with E-state index in [9.17, 15) is 5.11 Å². The first kappa shape index (κ1) is 9.37. The van der Waals surface area contributed by atoms with Crippen molar-refractivity contribution in [3.63, 3.8) is 0 Å². The number of nitrogens with one attached hydrogen (secondary N) is 1. The number of hydrogen-bond acceptors (Lipinski definition) is 2. The summed E-state index contributed by atoms with van der Waals surface area (Å²) in [5, 5.41) is 13.4. The normalized spacial score (nSPS) is 39.3. The lowest BCUT2D eigenvalue weighted by atomic mass is 9.87. The van der Waals surface area contributed by atoms with E-state index in [2.05, 4.69) is 35.6 Å². The van der Waals surface area contributed by atoms with Gasteiger partial charge in [-0.1, -0.05) is 30.3 Å². The van der Waals surface area contributed by atoms with Gasteiger partial charge in [0.25, 0.3) is 0 Å². The maximum Gasteiger partial charge on any atom is 0.0589 e. The molecule has 15 heavy (non-hydrogen) atoms.